The van der Waals surface area contributed by atoms with Gasteiger partial charge >= 0.3 is 0 Å². The molecule has 0 atom stereocenters. The molecule has 0 unspecified atom stereocenters. The molecule has 1 aliphatic rings. The van der Waals surface area contributed by atoms with E-state index in [0.717, 1.165) is 25.3 Å². The molecular weight excluding hydrogens is 195 g/mol. The van der Waals surface area contributed by atoms with Crippen molar-refractivity contribution in [1.82, 2.24) is 4.98 Å². The highest BCUT2D eigenvalue weighted by Crippen LogP contribution is 2.09. The molecular formula is C11H13FN2O. The number of rotatable bonds is 3. The number of hydrogen-bond donors (Lipinski definition) is 1. The Hall–Kier alpha value is -1.42. The van der Waals surface area contributed by atoms with Crippen molar-refractivity contribution >= 4 is 5.69 Å². The van der Waals surface area contributed by atoms with Crippen molar-refractivity contribution in [1.29, 1.82) is 0 Å². The van der Waals surface area contributed by atoms with E-state index in [1.807, 2.05) is 0 Å². The molecule has 2 heterocycles. The van der Waals surface area contributed by atoms with Crippen molar-refractivity contribution < 1.29 is 9.13 Å². The average Bonchev–Trinajstić information content (AvgIpc) is 2.30. The first-order chi connectivity index (χ1) is 7.34. The van der Waals surface area contributed by atoms with E-state index in [2.05, 4.69) is 16.4 Å². The van der Waals surface area contributed by atoms with E-state index in [0.29, 0.717) is 6.61 Å². The Kier molecular flexibility index (Phi) is 3.29. The molecule has 0 amide bonds. The minimum Gasteiger partial charge on any atom is -0.380 e. The smallest absolute Gasteiger partial charge is 0.212 e. The monoisotopic (exact) mass is 208 g/mol. The normalized spacial score (nSPS) is 15.9. The van der Waals surface area contributed by atoms with E-state index in [-0.39, 0.29) is 0 Å². The molecule has 1 N–H and O–H groups in total. The molecule has 0 radical (unpaired) electrons. The molecule has 0 spiro atoms. The fourth-order valence-electron chi connectivity index (χ4n) is 1.43. The van der Waals surface area contributed by atoms with Crippen LogP contribution >= 0.6 is 0 Å². The average molecular weight is 208 g/mol. The molecule has 0 aliphatic carbocycles. The third kappa shape index (κ3) is 3.02. The highest BCUT2D eigenvalue weighted by Gasteiger charge is 2.03. The van der Waals surface area contributed by atoms with Gasteiger partial charge in [-0.1, -0.05) is 6.08 Å². The Morgan fingerprint density at radius 1 is 1.47 bits per heavy atom. The van der Waals surface area contributed by atoms with Gasteiger partial charge in [-0.25, -0.2) is 4.98 Å². The van der Waals surface area contributed by atoms with E-state index in [1.165, 1.54) is 17.8 Å². The van der Waals surface area contributed by atoms with Gasteiger partial charge in [-0.15, -0.1) is 0 Å². The number of halogens is 1. The van der Waals surface area contributed by atoms with Crippen LogP contribution < -0.4 is 5.32 Å². The van der Waals surface area contributed by atoms with Crippen molar-refractivity contribution in [3.63, 3.8) is 0 Å². The van der Waals surface area contributed by atoms with Crippen LogP contribution in [0.15, 0.2) is 30.0 Å². The minimum absolute atomic E-state index is 0.458. The summed E-state index contributed by atoms with van der Waals surface area (Å²) in [6, 6.07) is 3.01. The van der Waals surface area contributed by atoms with Crippen molar-refractivity contribution in [2.45, 2.75) is 6.42 Å². The minimum atomic E-state index is -0.458. The SMILES string of the molecule is Fc1ccc(NCC2=CCCOC2)cn1. The number of anilines is 1. The molecule has 0 saturated carbocycles. The van der Waals surface area contributed by atoms with Gasteiger partial charge in [-0.2, -0.15) is 4.39 Å². The van der Waals surface area contributed by atoms with Crippen LogP contribution in [0.25, 0.3) is 0 Å². The van der Waals surface area contributed by atoms with Gasteiger partial charge in [-0.3, -0.25) is 0 Å². The van der Waals surface area contributed by atoms with Gasteiger partial charge in [0.15, 0.2) is 0 Å². The lowest BCUT2D eigenvalue weighted by atomic mass is 10.2. The molecule has 3 nitrogen and oxygen atoms in total. The summed E-state index contributed by atoms with van der Waals surface area (Å²) in [5.74, 6) is -0.458. The summed E-state index contributed by atoms with van der Waals surface area (Å²) >= 11 is 0. The first-order valence-electron chi connectivity index (χ1n) is 4.96. The van der Waals surface area contributed by atoms with Gasteiger partial charge in [0.05, 0.1) is 25.1 Å². The van der Waals surface area contributed by atoms with Crippen molar-refractivity contribution in [2.75, 3.05) is 25.1 Å². The van der Waals surface area contributed by atoms with Crippen LogP contribution in [-0.4, -0.2) is 24.7 Å². The Morgan fingerprint density at radius 3 is 3.07 bits per heavy atom. The number of aromatic nitrogens is 1. The van der Waals surface area contributed by atoms with Gasteiger partial charge < -0.3 is 10.1 Å². The summed E-state index contributed by atoms with van der Waals surface area (Å²) in [6.07, 6.45) is 4.63. The molecule has 4 heteroatoms. The second-order valence-corrected chi connectivity index (χ2v) is 3.43. The van der Waals surface area contributed by atoms with E-state index in [9.17, 15) is 4.39 Å². The maximum Gasteiger partial charge on any atom is 0.212 e. The fraction of sp³-hybridized carbons (Fsp3) is 0.364. The Bertz CT molecular complexity index is 348. The number of nitrogens with one attached hydrogen (secondary N) is 1. The maximum absolute atomic E-state index is 12.5. The lowest BCUT2D eigenvalue weighted by molar-refractivity contribution is 0.150. The highest BCUT2D eigenvalue weighted by atomic mass is 19.1. The van der Waals surface area contributed by atoms with Crippen molar-refractivity contribution in [3.05, 3.63) is 35.9 Å². The van der Waals surface area contributed by atoms with Crippen LogP contribution in [0.2, 0.25) is 0 Å². The second kappa shape index (κ2) is 4.89. The topological polar surface area (TPSA) is 34.1 Å². The fourth-order valence-corrected chi connectivity index (χ4v) is 1.43. The van der Waals surface area contributed by atoms with Crippen LogP contribution in [0.3, 0.4) is 0 Å². The van der Waals surface area contributed by atoms with Gasteiger partial charge in [0, 0.05) is 6.54 Å². The zero-order valence-corrected chi connectivity index (χ0v) is 8.37. The summed E-state index contributed by atoms with van der Waals surface area (Å²) in [7, 11) is 0. The molecule has 0 bridgehead atoms. The number of ether oxygens (including phenoxy) is 1. The molecule has 0 fully saturated rings. The van der Waals surface area contributed by atoms with Gasteiger partial charge in [0.25, 0.3) is 0 Å². The van der Waals surface area contributed by atoms with E-state index in [4.69, 9.17) is 4.74 Å². The summed E-state index contributed by atoms with van der Waals surface area (Å²) in [5.41, 5.74) is 2.05. The highest BCUT2D eigenvalue weighted by molar-refractivity contribution is 5.41. The van der Waals surface area contributed by atoms with Crippen molar-refractivity contribution in [2.24, 2.45) is 0 Å². The lowest BCUT2D eigenvalue weighted by Gasteiger charge is -2.14. The lowest BCUT2D eigenvalue weighted by Crippen LogP contribution is -2.14. The zero-order chi connectivity index (χ0) is 10.5. The van der Waals surface area contributed by atoms with Gasteiger partial charge in [-0.05, 0) is 24.1 Å². The number of hydrogen-bond acceptors (Lipinski definition) is 3. The third-order valence-corrected chi connectivity index (χ3v) is 2.23. The first-order valence-corrected chi connectivity index (χ1v) is 4.96. The molecule has 1 aromatic heterocycles. The predicted molar refractivity (Wildman–Crippen MR) is 56.2 cm³/mol. The summed E-state index contributed by atoms with van der Waals surface area (Å²) < 4.78 is 17.8. The molecule has 1 aliphatic heterocycles. The molecule has 0 aromatic carbocycles. The Morgan fingerprint density at radius 2 is 2.40 bits per heavy atom. The molecule has 80 valence electrons. The molecule has 15 heavy (non-hydrogen) atoms. The number of nitrogens with zero attached hydrogens (tertiary/aromatic N) is 1. The molecule has 0 saturated heterocycles. The van der Waals surface area contributed by atoms with E-state index < -0.39 is 5.95 Å². The van der Waals surface area contributed by atoms with Crippen LogP contribution in [0.5, 0.6) is 0 Å². The maximum atomic E-state index is 12.5. The zero-order valence-electron chi connectivity index (χ0n) is 8.37. The van der Waals surface area contributed by atoms with Crippen LogP contribution in [0.4, 0.5) is 10.1 Å². The van der Waals surface area contributed by atoms with E-state index >= 15 is 0 Å². The predicted octanol–water partition coefficient (Wildman–Crippen LogP) is 1.98. The summed E-state index contributed by atoms with van der Waals surface area (Å²) in [6.45, 7) is 2.22. The third-order valence-electron chi connectivity index (χ3n) is 2.23. The van der Waals surface area contributed by atoms with Crippen LogP contribution in [0, 0.1) is 5.95 Å². The summed E-state index contributed by atoms with van der Waals surface area (Å²) in [5, 5.41) is 3.16. The van der Waals surface area contributed by atoms with Crippen LogP contribution in [0.1, 0.15) is 6.42 Å². The number of pyridine rings is 1. The standard InChI is InChI=1S/C11H13FN2O/c12-11-4-3-10(7-14-11)13-6-9-2-1-5-15-8-9/h2-4,7,13H,1,5-6,8H2. The van der Waals surface area contributed by atoms with Gasteiger partial charge in [0.1, 0.15) is 0 Å². The quantitative estimate of drug-likeness (QED) is 0.609. The van der Waals surface area contributed by atoms with Crippen LogP contribution in [-0.2, 0) is 4.74 Å². The van der Waals surface area contributed by atoms with Gasteiger partial charge in [0.2, 0.25) is 5.95 Å². The molecule has 1 aromatic rings. The van der Waals surface area contributed by atoms with Crippen molar-refractivity contribution in [3.8, 4) is 0 Å². The second-order valence-electron chi connectivity index (χ2n) is 3.43. The largest absolute Gasteiger partial charge is 0.380 e. The Balaban J connectivity index is 1.87. The molecule has 2 rings (SSSR count). The Labute approximate surface area is 88.0 Å². The first kappa shape index (κ1) is 10.1. The summed E-state index contributed by atoms with van der Waals surface area (Å²) in [4.78, 5) is 3.56. The van der Waals surface area contributed by atoms with E-state index in [1.54, 1.807) is 6.07 Å².